The van der Waals surface area contributed by atoms with Crippen LogP contribution in [0.2, 0.25) is 0 Å². The van der Waals surface area contributed by atoms with Gasteiger partial charge in [-0.3, -0.25) is 4.79 Å². The number of benzene rings is 1. The van der Waals surface area contributed by atoms with E-state index in [0.717, 1.165) is 15.2 Å². The summed E-state index contributed by atoms with van der Waals surface area (Å²) in [5.74, 6) is -0.0331. The van der Waals surface area contributed by atoms with Crippen molar-refractivity contribution in [3.05, 3.63) is 29.3 Å². The molecule has 2 rings (SSSR count). The molecule has 19 heavy (non-hydrogen) atoms. The largest absolute Gasteiger partial charge is 0.335 e. The van der Waals surface area contributed by atoms with Crippen LogP contribution < -0.4 is 5.73 Å². The number of nitrogens with zero attached hydrogens (tertiary/aromatic N) is 2. The van der Waals surface area contributed by atoms with Gasteiger partial charge in [0, 0.05) is 7.05 Å². The Bertz CT molecular complexity index is 548. The van der Waals surface area contributed by atoms with E-state index in [-0.39, 0.29) is 11.9 Å². The van der Waals surface area contributed by atoms with E-state index in [4.69, 9.17) is 5.73 Å². The van der Waals surface area contributed by atoms with Crippen molar-refractivity contribution in [2.24, 2.45) is 5.73 Å². The summed E-state index contributed by atoms with van der Waals surface area (Å²) in [4.78, 5) is 18.4. The molecule has 0 aliphatic heterocycles. The Labute approximate surface area is 117 Å². The highest BCUT2D eigenvalue weighted by Crippen LogP contribution is 2.28. The molecule has 0 spiro atoms. The summed E-state index contributed by atoms with van der Waals surface area (Å²) in [5.41, 5.74) is 6.78. The molecule has 0 fully saturated rings. The van der Waals surface area contributed by atoms with Gasteiger partial charge in [0.1, 0.15) is 5.01 Å². The van der Waals surface area contributed by atoms with E-state index in [9.17, 15) is 4.79 Å². The summed E-state index contributed by atoms with van der Waals surface area (Å²) in [7, 11) is 1.79. The van der Waals surface area contributed by atoms with Crippen molar-refractivity contribution >= 4 is 27.5 Å². The van der Waals surface area contributed by atoms with Crippen molar-refractivity contribution < 1.29 is 4.79 Å². The van der Waals surface area contributed by atoms with E-state index in [1.165, 1.54) is 0 Å². The lowest BCUT2D eigenvalue weighted by Crippen LogP contribution is -2.42. The Hall–Kier alpha value is -1.46. The minimum absolute atomic E-state index is 0.0331. The van der Waals surface area contributed by atoms with Crippen molar-refractivity contribution in [2.75, 3.05) is 7.05 Å². The molecule has 1 unspecified atom stereocenters. The number of carbonyl (C=O) groups is 1. The minimum atomic E-state index is -0.429. The van der Waals surface area contributed by atoms with Gasteiger partial charge in [-0.05, 0) is 25.5 Å². The Kier molecular flexibility index (Phi) is 4.17. The highest BCUT2D eigenvalue weighted by Gasteiger charge is 2.23. The van der Waals surface area contributed by atoms with E-state index >= 15 is 0 Å². The van der Waals surface area contributed by atoms with Gasteiger partial charge >= 0.3 is 0 Å². The van der Waals surface area contributed by atoms with Gasteiger partial charge in [-0.15, -0.1) is 11.3 Å². The van der Waals surface area contributed by atoms with Crippen molar-refractivity contribution in [2.45, 2.75) is 32.4 Å². The monoisotopic (exact) mass is 277 g/mol. The van der Waals surface area contributed by atoms with E-state index in [2.05, 4.69) is 4.98 Å². The predicted octanol–water partition coefficient (Wildman–Crippen LogP) is 2.55. The van der Waals surface area contributed by atoms with E-state index in [1.807, 2.05) is 38.1 Å². The number of para-hydroxylation sites is 1. The zero-order valence-electron chi connectivity index (χ0n) is 11.5. The lowest BCUT2D eigenvalue weighted by molar-refractivity contribution is -0.133. The lowest BCUT2D eigenvalue weighted by atomic mass is 10.2. The first-order valence-corrected chi connectivity index (χ1v) is 7.24. The van der Waals surface area contributed by atoms with Crippen LogP contribution >= 0.6 is 11.3 Å². The van der Waals surface area contributed by atoms with Crippen molar-refractivity contribution in [3.63, 3.8) is 0 Å². The van der Waals surface area contributed by atoms with Gasteiger partial charge in [-0.1, -0.05) is 19.1 Å². The number of thiazole rings is 1. The zero-order valence-corrected chi connectivity index (χ0v) is 12.3. The summed E-state index contributed by atoms with van der Waals surface area (Å²) in [6, 6.07) is 7.52. The van der Waals surface area contributed by atoms with Crippen LogP contribution in [0.4, 0.5) is 0 Å². The number of hydrogen-bond acceptors (Lipinski definition) is 4. The van der Waals surface area contributed by atoms with E-state index in [0.29, 0.717) is 6.42 Å². The number of amides is 1. The first-order valence-electron chi connectivity index (χ1n) is 6.42. The molecule has 0 aliphatic carbocycles. The third-order valence-electron chi connectivity index (χ3n) is 3.35. The second kappa shape index (κ2) is 5.67. The van der Waals surface area contributed by atoms with E-state index < -0.39 is 6.04 Å². The van der Waals surface area contributed by atoms with Crippen molar-refractivity contribution in [1.29, 1.82) is 0 Å². The number of likely N-dealkylation sites (N-methyl/N-ethyl adjacent to an activating group) is 1. The topological polar surface area (TPSA) is 59.2 Å². The number of rotatable bonds is 4. The summed E-state index contributed by atoms with van der Waals surface area (Å²) in [6.07, 6.45) is 0.649. The smallest absolute Gasteiger partial charge is 0.239 e. The molecular formula is C14H19N3OS. The molecule has 0 radical (unpaired) electrons. The van der Waals surface area contributed by atoms with Crippen LogP contribution in [0, 0.1) is 0 Å². The molecule has 1 aromatic carbocycles. The average molecular weight is 277 g/mol. The van der Waals surface area contributed by atoms with Gasteiger partial charge in [0.2, 0.25) is 5.91 Å². The second-order valence-corrected chi connectivity index (χ2v) is 5.72. The molecule has 1 amide bonds. The fraction of sp³-hybridized carbons (Fsp3) is 0.429. The van der Waals surface area contributed by atoms with Crippen LogP contribution in [0.3, 0.4) is 0 Å². The maximum absolute atomic E-state index is 12.1. The number of carbonyl (C=O) groups excluding carboxylic acids is 1. The maximum Gasteiger partial charge on any atom is 0.239 e. The van der Waals surface area contributed by atoms with Gasteiger partial charge < -0.3 is 10.6 Å². The van der Waals surface area contributed by atoms with Gasteiger partial charge in [-0.2, -0.15) is 0 Å². The SMILES string of the molecule is CC[C@H](N)C(=O)N(C)C(C)c1nc2ccccc2s1. The maximum atomic E-state index is 12.1. The summed E-state index contributed by atoms with van der Waals surface area (Å²) in [5, 5.41) is 0.945. The van der Waals surface area contributed by atoms with Crippen LogP contribution in [0.25, 0.3) is 10.2 Å². The normalized spacial score (nSPS) is 14.3. The second-order valence-electron chi connectivity index (χ2n) is 4.66. The Morgan fingerprint density at radius 1 is 1.47 bits per heavy atom. The minimum Gasteiger partial charge on any atom is -0.335 e. The molecule has 1 heterocycles. The molecule has 102 valence electrons. The van der Waals surface area contributed by atoms with Gasteiger partial charge in [0.25, 0.3) is 0 Å². The number of fused-ring (bicyclic) bond motifs is 1. The molecule has 0 saturated heterocycles. The molecule has 2 N–H and O–H groups in total. The van der Waals surface area contributed by atoms with Gasteiger partial charge in [0.15, 0.2) is 0 Å². The van der Waals surface area contributed by atoms with Crippen LogP contribution in [-0.4, -0.2) is 28.9 Å². The Morgan fingerprint density at radius 3 is 2.79 bits per heavy atom. The van der Waals surface area contributed by atoms with E-state index in [1.54, 1.807) is 23.3 Å². The van der Waals surface area contributed by atoms with Gasteiger partial charge in [0.05, 0.1) is 22.3 Å². The number of hydrogen-bond donors (Lipinski definition) is 1. The Morgan fingerprint density at radius 2 is 2.16 bits per heavy atom. The third-order valence-corrected chi connectivity index (χ3v) is 4.56. The van der Waals surface area contributed by atoms with Crippen LogP contribution in [0.5, 0.6) is 0 Å². The first kappa shape index (κ1) is 14.0. The highest BCUT2D eigenvalue weighted by molar-refractivity contribution is 7.18. The highest BCUT2D eigenvalue weighted by atomic mass is 32.1. The molecule has 1 aromatic heterocycles. The molecule has 2 atom stereocenters. The molecule has 4 nitrogen and oxygen atoms in total. The summed E-state index contributed by atoms with van der Waals surface area (Å²) < 4.78 is 1.14. The molecule has 0 bridgehead atoms. The van der Waals surface area contributed by atoms with Gasteiger partial charge in [-0.25, -0.2) is 4.98 Å². The zero-order chi connectivity index (χ0) is 14.0. The molecule has 5 heteroatoms. The van der Waals surface area contributed by atoms with Crippen molar-refractivity contribution in [1.82, 2.24) is 9.88 Å². The van der Waals surface area contributed by atoms with Crippen LogP contribution in [0.15, 0.2) is 24.3 Å². The molecular weight excluding hydrogens is 258 g/mol. The quantitative estimate of drug-likeness (QED) is 0.934. The summed E-state index contributed by atoms with van der Waals surface area (Å²) >= 11 is 1.62. The lowest BCUT2D eigenvalue weighted by Gasteiger charge is -2.25. The summed E-state index contributed by atoms with van der Waals surface area (Å²) in [6.45, 7) is 3.90. The molecule has 2 aromatic rings. The number of nitrogens with two attached hydrogens (primary N) is 1. The standard InChI is InChI=1S/C14H19N3OS/c1-4-10(15)14(18)17(3)9(2)13-16-11-7-5-6-8-12(11)19-13/h5-10H,4,15H2,1-3H3/t9?,10-/m0/s1. The number of aromatic nitrogens is 1. The predicted molar refractivity (Wildman–Crippen MR) is 79.1 cm³/mol. The molecule has 0 saturated carbocycles. The fourth-order valence-electron chi connectivity index (χ4n) is 1.86. The van der Waals surface area contributed by atoms with Crippen LogP contribution in [-0.2, 0) is 4.79 Å². The first-order chi connectivity index (χ1) is 9.04. The van der Waals surface area contributed by atoms with Crippen molar-refractivity contribution in [3.8, 4) is 0 Å². The van der Waals surface area contributed by atoms with Crippen LogP contribution in [0.1, 0.15) is 31.3 Å². The third kappa shape index (κ3) is 2.77. The fourth-order valence-corrected chi connectivity index (χ4v) is 2.92. The average Bonchev–Trinajstić information content (AvgIpc) is 2.87. The molecule has 0 aliphatic rings. The Balaban J connectivity index is 2.23.